The smallest absolute Gasteiger partial charge is 0.296 e. The fourth-order valence-corrected chi connectivity index (χ4v) is 4.05. The van der Waals surface area contributed by atoms with Gasteiger partial charge in [0.25, 0.3) is 12.0 Å². The average molecular weight is 363 g/mol. The SMILES string of the molecule is Fc1ncc2n1c1ccccc1c1nnc(-c3nc(C4CCCC4)no3)n12. The number of aromatic nitrogens is 7. The van der Waals surface area contributed by atoms with Crippen LogP contribution in [-0.2, 0) is 0 Å². The molecule has 0 aliphatic heterocycles. The summed E-state index contributed by atoms with van der Waals surface area (Å²) < 4.78 is 23.0. The Labute approximate surface area is 151 Å². The lowest BCUT2D eigenvalue weighted by Gasteiger charge is -2.06. The van der Waals surface area contributed by atoms with E-state index in [2.05, 4.69) is 25.3 Å². The minimum Gasteiger partial charge on any atom is -0.330 e. The Balaban J connectivity index is 1.65. The Morgan fingerprint density at radius 3 is 2.81 bits per heavy atom. The number of nitrogens with zero attached hydrogens (tertiary/aromatic N) is 7. The number of hydrogen-bond acceptors (Lipinski definition) is 6. The molecule has 6 rings (SSSR count). The van der Waals surface area contributed by atoms with Gasteiger partial charge in [-0.1, -0.05) is 30.1 Å². The van der Waals surface area contributed by atoms with E-state index < -0.39 is 6.08 Å². The minimum atomic E-state index is -0.597. The second kappa shape index (κ2) is 5.32. The molecule has 0 radical (unpaired) electrons. The van der Waals surface area contributed by atoms with Crippen molar-refractivity contribution < 1.29 is 8.91 Å². The molecule has 5 aromatic rings. The Kier molecular flexibility index (Phi) is 2.91. The van der Waals surface area contributed by atoms with Crippen LogP contribution in [-0.4, -0.2) is 34.1 Å². The van der Waals surface area contributed by atoms with E-state index in [1.807, 2.05) is 24.3 Å². The van der Waals surface area contributed by atoms with E-state index in [0.717, 1.165) is 18.2 Å². The standard InChI is InChI=1S/C18H14FN7O/c19-18-20-9-13-25(18)12-8-4-3-7-11(12)15-22-23-16(26(13)15)17-21-14(24-27-17)10-5-1-2-6-10/h3-4,7-10H,1-2,5-6H2. The van der Waals surface area contributed by atoms with E-state index in [1.54, 1.807) is 4.40 Å². The number of para-hydroxylation sites is 1. The van der Waals surface area contributed by atoms with Gasteiger partial charge in [-0.25, -0.2) is 4.98 Å². The third-order valence-corrected chi connectivity index (χ3v) is 5.33. The van der Waals surface area contributed by atoms with Crippen molar-refractivity contribution in [2.24, 2.45) is 0 Å². The molecule has 27 heavy (non-hydrogen) atoms. The highest BCUT2D eigenvalue weighted by Gasteiger charge is 2.26. The fraction of sp³-hybridized carbons (Fsp3) is 0.278. The molecule has 0 saturated heterocycles. The molecule has 9 heteroatoms. The molecule has 1 saturated carbocycles. The van der Waals surface area contributed by atoms with Crippen molar-refractivity contribution in [1.82, 2.24) is 34.1 Å². The Bertz CT molecular complexity index is 1310. The topological polar surface area (TPSA) is 86.4 Å². The summed E-state index contributed by atoms with van der Waals surface area (Å²) in [6.07, 6.45) is 5.37. The van der Waals surface area contributed by atoms with Crippen molar-refractivity contribution >= 4 is 22.2 Å². The number of benzene rings is 1. The van der Waals surface area contributed by atoms with Crippen molar-refractivity contribution in [2.75, 3.05) is 0 Å². The Morgan fingerprint density at radius 2 is 1.93 bits per heavy atom. The van der Waals surface area contributed by atoms with Gasteiger partial charge in [0.2, 0.25) is 5.82 Å². The van der Waals surface area contributed by atoms with Gasteiger partial charge in [-0.3, -0.25) is 8.80 Å². The number of imidazole rings is 1. The first-order chi connectivity index (χ1) is 13.3. The average Bonchev–Trinajstić information content (AvgIpc) is 3.46. The van der Waals surface area contributed by atoms with Crippen molar-refractivity contribution in [3.63, 3.8) is 0 Å². The highest BCUT2D eigenvalue weighted by Crippen LogP contribution is 2.33. The molecule has 1 fully saturated rings. The van der Waals surface area contributed by atoms with E-state index in [4.69, 9.17) is 4.52 Å². The number of halogens is 1. The minimum absolute atomic E-state index is 0.281. The van der Waals surface area contributed by atoms with Crippen molar-refractivity contribution in [1.29, 1.82) is 0 Å². The van der Waals surface area contributed by atoms with Crippen molar-refractivity contribution in [2.45, 2.75) is 31.6 Å². The van der Waals surface area contributed by atoms with Gasteiger partial charge in [0.1, 0.15) is 5.65 Å². The first kappa shape index (κ1) is 14.8. The zero-order chi connectivity index (χ0) is 18.0. The molecule has 0 atom stereocenters. The molecule has 0 N–H and O–H groups in total. The Hall–Kier alpha value is -3.36. The maximum atomic E-state index is 14.4. The predicted octanol–water partition coefficient (Wildman–Crippen LogP) is 3.38. The molecule has 8 nitrogen and oxygen atoms in total. The summed E-state index contributed by atoms with van der Waals surface area (Å²) in [5, 5.41) is 13.5. The molecule has 0 spiro atoms. The van der Waals surface area contributed by atoms with Crippen molar-refractivity contribution in [3.05, 3.63) is 42.4 Å². The van der Waals surface area contributed by atoms with Gasteiger partial charge in [0.15, 0.2) is 11.5 Å². The summed E-state index contributed by atoms with van der Waals surface area (Å²) in [5.74, 6) is 1.70. The summed E-state index contributed by atoms with van der Waals surface area (Å²) in [6, 6.07) is 7.43. The van der Waals surface area contributed by atoms with Crippen molar-refractivity contribution in [3.8, 4) is 11.7 Å². The number of rotatable bonds is 2. The molecule has 0 unspecified atom stereocenters. The molecule has 134 valence electrons. The zero-order valence-corrected chi connectivity index (χ0v) is 14.2. The highest BCUT2D eigenvalue weighted by atomic mass is 19.1. The molecule has 0 amide bonds. The van der Waals surface area contributed by atoms with Crippen LogP contribution in [0.2, 0.25) is 0 Å². The Morgan fingerprint density at radius 1 is 1.07 bits per heavy atom. The van der Waals surface area contributed by atoms with E-state index in [9.17, 15) is 4.39 Å². The van der Waals surface area contributed by atoms with Crippen LogP contribution in [0.4, 0.5) is 4.39 Å². The summed E-state index contributed by atoms with van der Waals surface area (Å²) in [4.78, 5) is 8.39. The zero-order valence-electron chi connectivity index (χ0n) is 14.2. The first-order valence-electron chi connectivity index (χ1n) is 8.94. The van der Waals surface area contributed by atoms with Gasteiger partial charge in [0, 0.05) is 11.3 Å². The lowest BCUT2D eigenvalue weighted by Crippen LogP contribution is -2.00. The molecular weight excluding hydrogens is 349 g/mol. The molecule has 0 bridgehead atoms. The largest absolute Gasteiger partial charge is 0.330 e. The van der Waals surface area contributed by atoms with Crippen LogP contribution in [0.3, 0.4) is 0 Å². The molecule has 4 aromatic heterocycles. The van der Waals surface area contributed by atoms with Crippen LogP contribution in [0, 0.1) is 6.08 Å². The number of fused-ring (bicyclic) bond motifs is 6. The summed E-state index contributed by atoms with van der Waals surface area (Å²) in [6.45, 7) is 0. The molecular formula is C18H14FN7O. The summed E-state index contributed by atoms with van der Waals surface area (Å²) >= 11 is 0. The lowest BCUT2D eigenvalue weighted by atomic mass is 10.1. The second-order valence-electron chi connectivity index (χ2n) is 6.86. The van der Waals surface area contributed by atoms with Crippen LogP contribution in [0.25, 0.3) is 33.9 Å². The van der Waals surface area contributed by atoms with Crippen LogP contribution >= 0.6 is 0 Å². The van der Waals surface area contributed by atoms with Gasteiger partial charge in [-0.2, -0.15) is 9.37 Å². The predicted molar refractivity (Wildman–Crippen MR) is 93.7 cm³/mol. The molecule has 1 aliphatic rings. The number of hydrogen-bond donors (Lipinski definition) is 0. The lowest BCUT2D eigenvalue weighted by molar-refractivity contribution is 0.413. The fourth-order valence-electron chi connectivity index (χ4n) is 4.05. The highest BCUT2D eigenvalue weighted by molar-refractivity contribution is 5.94. The summed E-state index contributed by atoms with van der Waals surface area (Å²) in [7, 11) is 0. The maximum absolute atomic E-state index is 14.4. The molecule has 4 heterocycles. The second-order valence-corrected chi connectivity index (χ2v) is 6.86. The van der Waals surface area contributed by atoms with E-state index in [0.29, 0.717) is 34.4 Å². The van der Waals surface area contributed by atoms with E-state index in [-0.39, 0.29) is 5.89 Å². The van der Waals surface area contributed by atoms with Gasteiger partial charge in [-0.05, 0) is 25.0 Å². The third kappa shape index (κ3) is 1.99. The first-order valence-corrected chi connectivity index (χ1v) is 8.94. The maximum Gasteiger partial charge on any atom is 0.296 e. The van der Waals surface area contributed by atoms with Gasteiger partial charge < -0.3 is 4.52 Å². The van der Waals surface area contributed by atoms with Gasteiger partial charge in [0.05, 0.1) is 11.7 Å². The molecule has 1 aliphatic carbocycles. The van der Waals surface area contributed by atoms with E-state index >= 15 is 0 Å². The third-order valence-electron chi connectivity index (χ3n) is 5.33. The molecule has 1 aromatic carbocycles. The van der Waals surface area contributed by atoms with Crippen LogP contribution in [0.15, 0.2) is 35.0 Å². The van der Waals surface area contributed by atoms with E-state index in [1.165, 1.54) is 23.4 Å². The van der Waals surface area contributed by atoms with Gasteiger partial charge in [-0.15, -0.1) is 10.2 Å². The van der Waals surface area contributed by atoms with Crippen LogP contribution in [0.5, 0.6) is 0 Å². The van der Waals surface area contributed by atoms with Crippen LogP contribution in [0.1, 0.15) is 37.4 Å². The quantitative estimate of drug-likeness (QED) is 0.478. The summed E-state index contributed by atoms with van der Waals surface area (Å²) in [5.41, 5.74) is 1.77. The van der Waals surface area contributed by atoms with Crippen LogP contribution < -0.4 is 0 Å². The normalized spacial score (nSPS) is 15.6. The monoisotopic (exact) mass is 363 g/mol. The van der Waals surface area contributed by atoms with Gasteiger partial charge >= 0.3 is 0 Å².